The van der Waals surface area contributed by atoms with Gasteiger partial charge in [0, 0.05) is 18.3 Å². The van der Waals surface area contributed by atoms with E-state index in [0.717, 1.165) is 16.9 Å². The van der Waals surface area contributed by atoms with E-state index in [4.69, 9.17) is 5.11 Å². The predicted octanol–water partition coefficient (Wildman–Crippen LogP) is 2.29. The maximum Gasteiger partial charge on any atom is 0.345 e. The molecule has 2 N–H and O–H groups in total. The minimum Gasteiger partial charge on any atom is -0.477 e. The molecule has 0 fully saturated rings. The maximum atomic E-state index is 10.8. The summed E-state index contributed by atoms with van der Waals surface area (Å²) >= 11 is 1.26. The third-order valence-electron chi connectivity index (χ3n) is 2.12. The fourth-order valence-electron chi connectivity index (χ4n) is 1.29. The first-order valence-electron chi connectivity index (χ1n) is 5.25. The van der Waals surface area contributed by atoms with E-state index in [-0.39, 0.29) is 5.91 Å². The Balaban J connectivity index is 2.53. The molecular formula is C12H15NO3S. The van der Waals surface area contributed by atoms with Gasteiger partial charge in [0.1, 0.15) is 4.88 Å². The fourth-order valence-corrected chi connectivity index (χ4v) is 2.23. The molecular weight excluding hydrogens is 238 g/mol. The van der Waals surface area contributed by atoms with Crippen molar-refractivity contribution in [1.82, 2.24) is 5.32 Å². The van der Waals surface area contributed by atoms with E-state index in [2.05, 4.69) is 5.32 Å². The Labute approximate surface area is 104 Å². The molecule has 0 aromatic carbocycles. The molecule has 1 rings (SSSR count). The number of hydrogen-bond acceptors (Lipinski definition) is 3. The Morgan fingerprint density at radius 3 is 2.76 bits per heavy atom. The average Bonchev–Trinajstić information content (AvgIpc) is 2.59. The van der Waals surface area contributed by atoms with Crippen LogP contribution in [0.15, 0.2) is 12.1 Å². The maximum absolute atomic E-state index is 10.8. The molecule has 0 aliphatic heterocycles. The van der Waals surface area contributed by atoms with Crippen LogP contribution >= 0.6 is 11.3 Å². The molecule has 17 heavy (non-hydrogen) atoms. The van der Waals surface area contributed by atoms with Crippen LogP contribution in [0.4, 0.5) is 0 Å². The number of nitrogens with one attached hydrogen (secondary N) is 1. The van der Waals surface area contributed by atoms with Crippen molar-refractivity contribution in [1.29, 1.82) is 0 Å². The Hall–Kier alpha value is -1.62. The molecule has 0 unspecified atom stereocenters. The SMILES string of the molecule is CC(=O)NCCC=Cc1sc(C(=O)O)cc1C. The average molecular weight is 253 g/mol. The standard InChI is InChI=1S/C12H15NO3S/c1-8-7-11(12(15)16)17-10(8)5-3-4-6-13-9(2)14/h3,5,7H,4,6H2,1-2H3,(H,13,14)(H,15,16). The lowest BCUT2D eigenvalue weighted by atomic mass is 10.2. The van der Waals surface area contributed by atoms with E-state index in [0.29, 0.717) is 11.4 Å². The Morgan fingerprint density at radius 1 is 1.53 bits per heavy atom. The van der Waals surface area contributed by atoms with Gasteiger partial charge in [0.05, 0.1) is 0 Å². The summed E-state index contributed by atoms with van der Waals surface area (Å²) in [5, 5.41) is 11.5. The molecule has 1 heterocycles. The number of rotatable bonds is 5. The quantitative estimate of drug-likeness (QED) is 0.791. The second-order valence-corrected chi connectivity index (χ2v) is 4.72. The molecule has 1 amide bonds. The van der Waals surface area contributed by atoms with Gasteiger partial charge in [-0.05, 0) is 31.1 Å². The highest BCUT2D eigenvalue weighted by molar-refractivity contribution is 7.15. The summed E-state index contributed by atoms with van der Waals surface area (Å²) in [6.07, 6.45) is 4.56. The molecule has 1 aromatic heterocycles. The minimum absolute atomic E-state index is 0.0427. The van der Waals surface area contributed by atoms with Crippen LogP contribution in [0.2, 0.25) is 0 Å². The monoisotopic (exact) mass is 253 g/mol. The third kappa shape index (κ3) is 4.40. The number of carboxylic acids is 1. The van der Waals surface area contributed by atoms with E-state index in [1.165, 1.54) is 18.3 Å². The van der Waals surface area contributed by atoms with Crippen molar-refractivity contribution in [2.24, 2.45) is 0 Å². The summed E-state index contributed by atoms with van der Waals surface area (Å²) in [4.78, 5) is 22.7. The Bertz CT molecular complexity index is 449. The zero-order valence-electron chi connectivity index (χ0n) is 9.82. The van der Waals surface area contributed by atoms with Crippen molar-refractivity contribution >= 4 is 29.3 Å². The summed E-state index contributed by atoms with van der Waals surface area (Å²) < 4.78 is 0. The van der Waals surface area contributed by atoms with Gasteiger partial charge in [-0.25, -0.2) is 4.79 Å². The number of carbonyl (C=O) groups is 2. The van der Waals surface area contributed by atoms with Gasteiger partial charge in [-0.15, -0.1) is 11.3 Å². The largest absolute Gasteiger partial charge is 0.477 e. The smallest absolute Gasteiger partial charge is 0.345 e. The molecule has 0 aliphatic rings. The van der Waals surface area contributed by atoms with Gasteiger partial charge >= 0.3 is 5.97 Å². The van der Waals surface area contributed by atoms with Gasteiger partial charge in [0.2, 0.25) is 5.91 Å². The third-order valence-corrected chi connectivity index (χ3v) is 3.31. The van der Waals surface area contributed by atoms with Crippen molar-refractivity contribution in [2.75, 3.05) is 6.54 Å². The highest BCUT2D eigenvalue weighted by atomic mass is 32.1. The van der Waals surface area contributed by atoms with Crippen LogP contribution < -0.4 is 5.32 Å². The fraction of sp³-hybridized carbons (Fsp3) is 0.333. The van der Waals surface area contributed by atoms with Crippen LogP contribution in [-0.2, 0) is 4.79 Å². The second kappa shape index (κ2) is 6.20. The summed E-state index contributed by atoms with van der Waals surface area (Å²) in [7, 11) is 0. The lowest BCUT2D eigenvalue weighted by Gasteiger charge is -1.96. The molecule has 0 radical (unpaired) electrons. The minimum atomic E-state index is -0.893. The molecule has 0 aliphatic carbocycles. The number of aromatic carboxylic acids is 1. The second-order valence-electron chi connectivity index (χ2n) is 3.64. The van der Waals surface area contributed by atoms with Gasteiger partial charge in [-0.3, -0.25) is 4.79 Å². The van der Waals surface area contributed by atoms with Crippen molar-refractivity contribution in [3.63, 3.8) is 0 Å². The summed E-state index contributed by atoms with van der Waals surface area (Å²) in [5.41, 5.74) is 0.961. The van der Waals surface area contributed by atoms with Crippen LogP contribution in [0.25, 0.3) is 6.08 Å². The number of aryl methyl sites for hydroxylation is 1. The van der Waals surface area contributed by atoms with Crippen LogP contribution in [0.3, 0.4) is 0 Å². The number of carbonyl (C=O) groups excluding carboxylic acids is 1. The first kappa shape index (κ1) is 13.4. The summed E-state index contributed by atoms with van der Waals surface area (Å²) in [5.74, 6) is -0.935. The molecule has 0 atom stereocenters. The highest BCUT2D eigenvalue weighted by Crippen LogP contribution is 2.23. The van der Waals surface area contributed by atoms with Crippen molar-refractivity contribution in [3.05, 3.63) is 27.5 Å². The Kier molecular flexibility index (Phi) is 4.90. The van der Waals surface area contributed by atoms with Gasteiger partial charge in [0.15, 0.2) is 0 Å². The topological polar surface area (TPSA) is 66.4 Å². The first-order valence-corrected chi connectivity index (χ1v) is 6.07. The van der Waals surface area contributed by atoms with E-state index >= 15 is 0 Å². The van der Waals surface area contributed by atoms with Crippen molar-refractivity contribution in [3.8, 4) is 0 Å². The summed E-state index contributed by atoms with van der Waals surface area (Å²) in [6.45, 7) is 3.96. The van der Waals surface area contributed by atoms with E-state index in [1.54, 1.807) is 6.07 Å². The van der Waals surface area contributed by atoms with Gasteiger partial charge < -0.3 is 10.4 Å². The number of amides is 1. The highest BCUT2D eigenvalue weighted by Gasteiger charge is 2.08. The van der Waals surface area contributed by atoms with Crippen LogP contribution in [0.1, 0.15) is 33.5 Å². The molecule has 0 saturated heterocycles. The van der Waals surface area contributed by atoms with Gasteiger partial charge in [-0.1, -0.05) is 6.08 Å². The number of thiophene rings is 1. The lowest BCUT2D eigenvalue weighted by molar-refractivity contribution is -0.118. The molecule has 1 aromatic rings. The molecule has 5 heteroatoms. The van der Waals surface area contributed by atoms with Crippen LogP contribution in [0, 0.1) is 6.92 Å². The molecule has 0 saturated carbocycles. The van der Waals surface area contributed by atoms with Gasteiger partial charge in [0.25, 0.3) is 0 Å². The van der Waals surface area contributed by atoms with Crippen molar-refractivity contribution in [2.45, 2.75) is 20.3 Å². The lowest BCUT2D eigenvalue weighted by Crippen LogP contribution is -2.20. The zero-order valence-corrected chi connectivity index (χ0v) is 10.6. The molecule has 92 valence electrons. The number of carboxylic acid groups (broad SMARTS) is 1. The molecule has 0 bridgehead atoms. The molecule has 0 spiro atoms. The van der Waals surface area contributed by atoms with Crippen molar-refractivity contribution < 1.29 is 14.7 Å². The molecule has 4 nitrogen and oxygen atoms in total. The van der Waals surface area contributed by atoms with Crippen LogP contribution in [0.5, 0.6) is 0 Å². The van der Waals surface area contributed by atoms with Gasteiger partial charge in [-0.2, -0.15) is 0 Å². The van der Waals surface area contributed by atoms with Crippen LogP contribution in [-0.4, -0.2) is 23.5 Å². The zero-order chi connectivity index (χ0) is 12.8. The number of hydrogen-bond donors (Lipinski definition) is 2. The summed E-state index contributed by atoms with van der Waals surface area (Å²) in [6, 6.07) is 1.67. The van der Waals surface area contributed by atoms with E-state index in [9.17, 15) is 9.59 Å². The normalized spacial score (nSPS) is 10.7. The Morgan fingerprint density at radius 2 is 2.24 bits per heavy atom. The van der Waals surface area contributed by atoms with E-state index in [1.807, 2.05) is 19.1 Å². The van der Waals surface area contributed by atoms with E-state index < -0.39 is 5.97 Å². The first-order chi connectivity index (χ1) is 8.00. The predicted molar refractivity (Wildman–Crippen MR) is 68.4 cm³/mol.